The van der Waals surface area contributed by atoms with Gasteiger partial charge in [-0.15, -0.1) is 0 Å². The zero-order valence-electron chi connectivity index (χ0n) is 26.2. The Hall–Kier alpha value is -2.08. The Balaban J connectivity index is 1.33. The lowest BCUT2D eigenvalue weighted by molar-refractivity contribution is -0.118. The quantitative estimate of drug-likeness (QED) is 0.289. The number of benzene rings is 2. The van der Waals surface area contributed by atoms with E-state index in [4.69, 9.17) is 22.1 Å². The van der Waals surface area contributed by atoms with E-state index in [2.05, 4.69) is 17.6 Å². The number of nitrogens with one attached hydrogen (secondary N) is 2. The Labute approximate surface area is 272 Å². The van der Waals surface area contributed by atoms with Crippen LogP contribution in [0.2, 0.25) is 5.02 Å². The van der Waals surface area contributed by atoms with Gasteiger partial charge in [0.1, 0.15) is 5.82 Å². The molecule has 4 N–H and O–H groups in total. The van der Waals surface area contributed by atoms with E-state index < -0.39 is 27.8 Å². The van der Waals surface area contributed by atoms with Gasteiger partial charge in [0, 0.05) is 47.4 Å². The second kappa shape index (κ2) is 15.7. The Morgan fingerprint density at radius 2 is 1.96 bits per heavy atom. The number of rotatable bonds is 11. The first kappa shape index (κ1) is 34.3. The summed E-state index contributed by atoms with van der Waals surface area (Å²) in [6, 6.07) is 11.1. The molecule has 3 aliphatic rings. The summed E-state index contributed by atoms with van der Waals surface area (Å²) in [5.74, 6) is -0.862. The number of hydrogen-bond donors (Lipinski definition) is 3. The molecule has 7 unspecified atom stereocenters. The van der Waals surface area contributed by atoms with E-state index in [1.54, 1.807) is 28.6 Å². The first-order valence-corrected chi connectivity index (χ1v) is 18.6. The summed E-state index contributed by atoms with van der Waals surface area (Å²) in [5, 5.41) is 7.12. The van der Waals surface area contributed by atoms with Crippen molar-refractivity contribution < 1.29 is 22.3 Å². The third kappa shape index (κ3) is 8.64. The molecule has 11 heteroatoms. The first-order valence-electron chi connectivity index (χ1n) is 16.6. The highest BCUT2D eigenvalue weighted by Crippen LogP contribution is 2.33. The van der Waals surface area contributed by atoms with E-state index >= 15 is 4.39 Å². The minimum Gasteiger partial charge on any atom is -0.378 e. The number of hydrogen-bond acceptors (Lipinski definition) is 6. The van der Waals surface area contributed by atoms with Crippen molar-refractivity contribution in [1.29, 1.82) is 0 Å². The fraction of sp³-hybridized carbons (Fsp3) is 0.618. The van der Waals surface area contributed by atoms with Gasteiger partial charge in [0.05, 0.1) is 17.9 Å². The van der Waals surface area contributed by atoms with E-state index in [1.807, 2.05) is 12.1 Å². The van der Waals surface area contributed by atoms with Gasteiger partial charge in [-0.3, -0.25) is 4.79 Å². The maximum Gasteiger partial charge on any atom is 0.241 e. The first-order chi connectivity index (χ1) is 21.7. The number of nitrogens with two attached hydrogens (primary N) is 1. The van der Waals surface area contributed by atoms with Crippen LogP contribution in [-0.2, 0) is 26.0 Å². The van der Waals surface area contributed by atoms with Crippen molar-refractivity contribution in [3.63, 3.8) is 0 Å². The molecule has 1 amide bonds. The Kier molecular flexibility index (Phi) is 11.9. The van der Waals surface area contributed by atoms with Gasteiger partial charge in [0.25, 0.3) is 0 Å². The van der Waals surface area contributed by atoms with E-state index in [1.165, 1.54) is 6.07 Å². The van der Waals surface area contributed by atoms with Crippen LogP contribution in [0.3, 0.4) is 0 Å². The average molecular weight is 663 g/mol. The minimum absolute atomic E-state index is 0.106. The zero-order chi connectivity index (χ0) is 32.0. The molecule has 248 valence electrons. The molecule has 3 fully saturated rings. The summed E-state index contributed by atoms with van der Waals surface area (Å²) >= 11 is 6.16. The van der Waals surface area contributed by atoms with E-state index in [-0.39, 0.29) is 42.2 Å². The second-order valence-electron chi connectivity index (χ2n) is 12.9. The van der Waals surface area contributed by atoms with Gasteiger partial charge in [-0.1, -0.05) is 43.1 Å². The van der Waals surface area contributed by atoms with Gasteiger partial charge in [0.2, 0.25) is 15.9 Å². The molecule has 0 spiro atoms. The highest BCUT2D eigenvalue weighted by molar-refractivity contribution is 7.89. The van der Waals surface area contributed by atoms with Crippen LogP contribution in [0.4, 0.5) is 10.1 Å². The molecule has 5 rings (SSSR count). The normalized spacial score (nSPS) is 28.0. The number of amides is 1. The predicted octanol–water partition coefficient (Wildman–Crippen LogP) is 5.60. The van der Waals surface area contributed by atoms with Gasteiger partial charge in [-0.25, -0.2) is 12.8 Å². The lowest BCUT2D eigenvalue weighted by atomic mass is 9.85. The molecular formula is C34H48ClFN4O4S. The maximum absolute atomic E-state index is 15.4. The third-order valence-electron chi connectivity index (χ3n) is 9.99. The van der Waals surface area contributed by atoms with Crippen LogP contribution in [0.1, 0.15) is 81.8 Å². The highest BCUT2D eigenvalue weighted by atomic mass is 35.5. The molecule has 8 nitrogen and oxygen atoms in total. The number of carbonyl (C=O) groups excluding carboxylic acids is 1. The molecule has 0 radical (unpaired) electrons. The van der Waals surface area contributed by atoms with Gasteiger partial charge in [-0.2, -0.15) is 4.31 Å². The SMILES string of the molecule is CCC1CNC2CCCS(=O)(=O)N(C2)C1CCc1c(F)cccc1NC(=O)C(N)C(CCC1CCCCO1)c1ccc(Cl)cc1. The van der Waals surface area contributed by atoms with Crippen molar-refractivity contribution in [2.24, 2.45) is 11.7 Å². The monoisotopic (exact) mass is 662 g/mol. The van der Waals surface area contributed by atoms with Crippen LogP contribution in [0.5, 0.6) is 0 Å². The molecule has 45 heavy (non-hydrogen) atoms. The van der Waals surface area contributed by atoms with Crippen LogP contribution in [0.25, 0.3) is 0 Å². The Morgan fingerprint density at radius 1 is 1.16 bits per heavy atom. The van der Waals surface area contributed by atoms with Crippen molar-refractivity contribution in [3.05, 3.63) is 64.4 Å². The van der Waals surface area contributed by atoms with E-state index in [0.29, 0.717) is 42.1 Å². The lowest BCUT2D eigenvalue weighted by Crippen LogP contribution is -2.46. The van der Waals surface area contributed by atoms with Crippen LogP contribution in [0, 0.1) is 11.7 Å². The number of anilines is 1. The molecule has 7 atom stereocenters. The van der Waals surface area contributed by atoms with Crippen LogP contribution < -0.4 is 16.4 Å². The largest absolute Gasteiger partial charge is 0.378 e. The molecule has 2 aromatic rings. The minimum atomic E-state index is -3.42. The molecule has 3 aliphatic heterocycles. The summed E-state index contributed by atoms with van der Waals surface area (Å²) in [6.07, 6.45) is 7.80. The lowest BCUT2D eigenvalue weighted by Gasteiger charge is -2.33. The number of carbonyl (C=O) groups is 1. The van der Waals surface area contributed by atoms with Crippen molar-refractivity contribution >= 4 is 33.2 Å². The topological polar surface area (TPSA) is 114 Å². The number of ether oxygens (including phenoxy) is 1. The van der Waals surface area contributed by atoms with Gasteiger partial charge < -0.3 is 21.1 Å². The van der Waals surface area contributed by atoms with Crippen molar-refractivity contribution in [2.75, 3.05) is 30.8 Å². The van der Waals surface area contributed by atoms with E-state index in [9.17, 15) is 13.2 Å². The summed E-state index contributed by atoms with van der Waals surface area (Å²) in [7, 11) is -3.42. The van der Waals surface area contributed by atoms with Crippen molar-refractivity contribution in [2.45, 2.75) is 101 Å². The number of halogens is 2. The second-order valence-corrected chi connectivity index (χ2v) is 15.4. The number of fused-ring (bicyclic) bond motifs is 2. The third-order valence-corrected chi connectivity index (χ3v) is 12.2. The molecular weight excluding hydrogens is 615 g/mol. The highest BCUT2D eigenvalue weighted by Gasteiger charge is 2.40. The summed E-state index contributed by atoms with van der Waals surface area (Å²) in [4.78, 5) is 13.7. The summed E-state index contributed by atoms with van der Waals surface area (Å²) < 4.78 is 49.6. The molecule has 2 bridgehead atoms. The van der Waals surface area contributed by atoms with Crippen LogP contribution in [-0.4, -0.2) is 68.3 Å². The molecule has 0 aliphatic carbocycles. The summed E-state index contributed by atoms with van der Waals surface area (Å²) in [6.45, 7) is 4.00. The Bertz CT molecular complexity index is 1390. The standard InChI is InChI=1S/C34H48ClFN4O4S/c1-2-23-21-38-26-7-6-20-45(42,43)40(22-26)32(23)18-17-29-30(36)9-5-10-31(29)39-34(41)33(37)28(24-11-13-25(35)14-12-24)16-15-27-8-3-4-19-44-27/h5,9-14,23,26-28,32-33,38H,2-4,6-8,15-22,37H2,1H3,(H,39,41). The van der Waals surface area contributed by atoms with Crippen LogP contribution in [0.15, 0.2) is 42.5 Å². The fourth-order valence-electron chi connectivity index (χ4n) is 7.33. The van der Waals surface area contributed by atoms with Gasteiger partial charge in [0.15, 0.2) is 0 Å². The molecule has 0 saturated carbocycles. The molecule has 3 saturated heterocycles. The van der Waals surface area contributed by atoms with Gasteiger partial charge in [-0.05, 0) is 100 Å². The number of sulfonamides is 1. The molecule has 2 aromatic carbocycles. The fourth-order valence-corrected chi connectivity index (χ4v) is 9.32. The zero-order valence-corrected chi connectivity index (χ0v) is 27.8. The maximum atomic E-state index is 15.4. The van der Waals surface area contributed by atoms with Crippen molar-refractivity contribution in [1.82, 2.24) is 9.62 Å². The number of nitrogens with zero attached hydrogens (tertiary/aromatic N) is 1. The van der Waals surface area contributed by atoms with E-state index in [0.717, 1.165) is 57.2 Å². The Morgan fingerprint density at radius 3 is 2.69 bits per heavy atom. The van der Waals surface area contributed by atoms with Crippen LogP contribution >= 0.6 is 11.6 Å². The molecule has 3 heterocycles. The van der Waals surface area contributed by atoms with Gasteiger partial charge >= 0.3 is 0 Å². The predicted molar refractivity (Wildman–Crippen MR) is 177 cm³/mol. The molecule has 0 aromatic heterocycles. The average Bonchev–Trinajstić information content (AvgIpc) is 3.30. The smallest absolute Gasteiger partial charge is 0.241 e. The van der Waals surface area contributed by atoms with Crippen molar-refractivity contribution in [3.8, 4) is 0 Å². The summed E-state index contributed by atoms with van der Waals surface area (Å²) in [5.41, 5.74) is 8.33.